The van der Waals surface area contributed by atoms with Gasteiger partial charge in [-0.25, -0.2) is 14.2 Å². The molecule has 0 radical (unpaired) electrons. The number of carboxylic acid groups (broad SMARTS) is 1. The molecular formula is C27H26FN5O5. The van der Waals surface area contributed by atoms with E-state index in [4.69, 9.17) is 19.3 Å². The molecule has 0 fully saturated rings. The number of amides is 1. The number of ether oxygens (including phenoxy) is 3. The van der Waals surface area contributed by atoms with Crippen LogP contribution < -0.4 is 25.4 Å². The van der Waals surface area contributed by atoms with E-state index in [0.29, 0.717) is 48.4 Å². The van der Waals surface area contributed by atoms with Crippen molar-refractivity contribution in [2.75, 3.05) is 36.3 Å². The Labute approximate surface area is 218 Å². The van der Waals surface area contributed by atoms with Gasteiger partial charge in [0.15, 0.2) is 23.1 Å². The number of nitrogens with zero attached hydrogens (tertiary/aromatic N) is 2. The molecule has 1 amide bonds. The smallest absolute Gasteiger partial charge is 0.409 e. The Morgan fingerprint density at radius 1 is 0.895 bits per heavy atom. The number of hydrogen-bond acceptors (Lipinski definition) is 8. The van der Waals surface area contributed by atoms with Crippen molar-refractivity contribution in [3.8, 4) is 11.5 Å². The fourth-order valence-corrected chi connectivity index (χ4v) is 3.37. The zero-order valence-corrected chi connectivity index (χ0v) is 20.5. The van der Waals surface area contributed by atoms with Crippen LogP contribution in [0.1, 0.15) is 5.56 Å². The average Bonchev–Trinajstić information content (AvgIpc) is 2.91. The third-order valence-electron chi connectivity index (χ3n) is 5.10. The number of methoxy groups -OCH3 is 1. The zero-order valence-electron chi connectivity index (χ0n) is 20.5. The van der Waals surface area contributed by atoms with E-state index in [9.17, 15) is 9.18 Å². The highest BCUT2D eigenvalue weighted by molar-refractivity contribution is 5.84. The van der Waals surface area contributed by atoms with Gasteiger partial charge < -0.3 is 30.0 Å². The summed E-state index contributed by atoms with van der Waals surface area (Å²) in [5.41, 5.74) is 2.35. The van der Waals surface area contributed by atoms with Gasteiger partial charge in [-0.05, 0) is 35.9 Å². The Balaban J connectivity index is 1.51. The molecule has 0 bridgehead atoms. The predicted molar refractivity (Wildman–Crippen MR) is 141 cm³/mol. The zero-order chi connectivity index (χ0) is 26.7. The maximum Gasteiger partial charge on any atom is 0.409 e. The molecular weight excluding hydrogens is 493 g/mol. The van der Waals surface area contributed by atoms with Gasteiger partial charge in [0.25, 0.3) is 0 Å². The van der Waals surface area contributed by atoms with Crippen molar-refractivity contribution < 1.29 is 28.5 Å². The minimum atomic E-state index is -1.20. The van der Waals surface area contributed by atoms with Gasteiger partial charge in [-0.1, -0.05) is 36.4 Å². The second kappa shape index (κ2) is 12.9. The largest absolute Gasteiger partial charge is 0.487 e. The summed E-state index contributed by atoms with van der Waals surface area (Å²) in [6, 6.07) is 21.3. The molecule has 4 rings (SSSR count). The van der Waals surface area contributed by atoms with Crippen molar-refractivity contribution in [1.29, 1.82) is 0 Å². The lowest BCUT2D eigenvalue weighted by Crippen LogP contribution is -2.08. The van der Waals surface area contributed by atoms with E-state index in [1.807, 2.05) is 30.3 Å². The summed E-state index contributed by atoms with van der Waals surface area (Å²) in [6.07, 6.45) is -0.171. The van der Waals surface area contributed by atoms with Crippen molar-refractivity contribution in [1.82, 2.24) is 9.97 Å². The first kappa shape index (κ1) is 26.2. The van der Waals surface area contributed by atoms with Gasteiger partial charge in [0.05, 0.1) is 12.8 Å². The number of halogens is 1. The molecule has 38 heavy (non-hydrogen) atoms. The highest BCUT2D eigenvalue weighted by atomic mass is 19.1. The molecule has 1 aromatic heterocycles. The lowest BCUT2D eigenvalue weighted by molar-refractivity contribution is 0.143. The van der Waals surface area contributed by atoms with Crippen LogP contribution in [-0.2, 0) is 11.3 Å². The quantitative estimate of drug-likeness (QED) is 0.172. The van der Waals surface area contributed by atoms with E-state index in [1.165, 1.54) is 6.07 Å². The maximum atomic E-state index is 14.5. The van der Waals surface area contributed by atoms with Crippen LogP contribution in [0.25, 0.3) is 0 Å². The second-order valence-electron chi connectivity index (χ2n) is 7.93. The molecule has 0 aliphatic carbocycles. The van der Waals surface area contributed by atoms with Gasteiger partial charge in [0, 0.05) is 30.2 Å². The van der Waals surface area contributed by atoms with Gasteiger partial charge >= 0.3 is 6.09 Å². The van der Waals surface area contributed by atoms with Gasteiger partial charge in [-0.15, -0.1) is 0 Å². The molecule has 0 aliphatic rings. The minimum absolute atomic E-state index is 0.0879. The van der Waals surface area contributed by atoms with Crippen LogP contribution in [0.4, 0.5) is 38.0 Å². The van der Waals surface area contributed by atoms with Crippen molar-refractivity contribution in [2.45, 2.75) is 6.61 Å². The molecule has 10 nitrogen and oxygen atoms in total. The Bertz CT molecular complexity index is 1370. The lowest BCUT2D eigenvalue weighted by Gasteiger charge is -2.15. The number of aromatic nitrogens is 2. The molecule has 4 N–H and O–H groups in total. The Kier molecular flexibility index (Phi) is 8.87. The van der Waals surface area contributed by atoms with Crippen molar-refractivity contribution in [2.24, 2.45) is 0 Å². The van der Waals surface area contributed by atoms with Crippen LogP contribution in [-0.4, -0.2) is 41.5 Å². The standard InChI is InChI=1S/C27H26FN5O5/c1-36-12-13-37-23-11-10-21(15-24(23)38-17-18-6-3-2-4-7-18)31-26-29-16-22(28)25(33-26)30-19-8-5-9-20(14-19)32-27(34)35/h2-11,14-16,32H,12-13,17H2,1H3,(H,34,35)(H2,29,30,31,33). The molecule has 3 aromatic carbocycles. The van der Waals surface area contributed by atoms with Crippen LogP contribution in [0.2, 0.25) is 0 Å². The summed E-state index contributed by atoms with van der Waals surface area (Å²) in [6.45, 7) is 1.11. The van der Waals surface area contributed by atoms with Crippen LogP contribution in [0.15, 0.2) is 79.0 Å². The van der Waals surface area contributed by atoms with Gasteiger partial charge in [-0.3, -0.25) is 5.32 Å². The van der Waals surface area contributed by atoms with Gasteiger partial charge in [0.1, 0.15) is 13.2 Å². The third kappa shape index (κ3) is 7.55. The number of nitrogens with one attached hydrogen (secondary N) is 3. The predicted octanol–water partition coefficient (Wildman–Crippen LogP) is 5.80. The van der Waals surface area contributed by atoms with E-state index in [1.54, 1.807) is 43.5 Å². The normalized spacial score (nSPS) is 10.5. The van der Waals surface area contributed by atoms with Crippen molar-refractivity contribution >= 4 is 34.9 Å². The van der Waals surface area contributed by atoms with Crippen LogP contribution in [0.3, 0.4) is 0 Å². The van der Waals surface area contributed by atoms with E-state index in [2.05, 4.69) is 25.9 Å². The lowest BCUT2D eigenvalue weighted by atomic mass is 10.2. The maximum absolute atomic E-state index is 14.5. The van der Waals surface area contributed by atoms with Crippen molar-refractivity contribution in [3.63, 3.8) is 0 Å². The summed E-state index contributed by atoms with van der Waals surface area (Å²) in [5.74, 6) is 0.408. The molecule has 0 aliphatic heterocycles. The average molecular weight is 520 g/mol. The molecule has 4 aromatic rings. The SMILES string of the molecule is COCCOc1ccc(Nc2ncc(F)c(Nc3cccc(NC(=O)O)c3)n2)cc1OCc1ccccc1. The number of carbonyl (C=O) groups is 1. The highest BCUT2D eigenvalue weighted by Gasteiger charge is 2.12. The first-order valence-electron chi connectivity index (χ1n) is 11.6. The van der Waals surface area contributed by atoms with Crippen molar-refractivity contribution in [3.05, 3.63) is 90.4 Å². The van der Waals surface area contributed by atoms with Crippen LogP contribution in [0, 0.1) is 5.82 Å². The Hall–Kier alpha value is -4.90. The van der Waals surface area contributed by atoms with Gasteiger partial charge in [0.2, 0.25) is 5.95 Å². The molecule has 0 spiro atoms. The van der Waals surface area contributed by atoms with E-state index < -0.39 is 11.9 Å². The minimum Gasteiger partial charge on any atom is -0.487 e. The fourth-order valence-electron chi connectivity index (χ4n) is 3.37. The molecule has 0 saturated heterocycles. The summed E-state index contributed by atoms with van der Waals surface area (Å²) in [7, 11) is 1.60. The molecule has 0 unspecified atom stereocenters. The second-order valence-corrected chi connectivity index (χ2v) is 7.93. The monoisotopic (exact) mass is 519 g/mol. The number of rotatable bonds is 12. The number of benzene rings is 3. The number of hydrogen-bond donors (Lipinski definition) is 4. The van der Waals surface area contributed by atoms with E-state index in [-0.39, 0.29) is 11.8 Å². The molecule has 0 atom stereocenters. The van der Waals surface area contributed by atoms with Crippen LogP contribution >= 0.6 is 0 Å². The fraction of sp³-hybridized carbons (Fsp3) is 0.148. The first-order chi connectivity index (χ1) is 18.5. The van der Waals surface area contributed by atoms with Crippen LogP contribution in [0.5, 0.6) is 11.5 Å². The van der Waals surface area contributed by atoms with Gasteiger partial charge in [-0.2, -0.15) is 4.98 Å². The molecule has 1 heterocycles. The van der Waals surface area contributed by atoms with E-state index in [0.717, 1.165) is 11.8 Å². The summed E-state index contributed by atoms with van der Waals surface area (Å²) >= 11 is 0. The topological polar surface area (TPSA) is 127 Å². The Morgan fingerprint density at radius 2 is 1.68 bits per heavy atom. The highest BCUT2D eigenvalue weighted by Crippen LogP contribution is 2.32. The number of anilines is 5. The summed E-state index contributed by atoms with van der Waals surface area (Å²) < 4.78 is 31.3. The first-order valence-corrected chi connectivity index (χ1v) is 11.6. The molecule has 0 saturated carbocycles. The Morgan fingerprint density at radius 3 is 2.47 bits per heavy atom. The summed E-state index contributed by atoms with van der Waals surface area (Å²) in [5, 5.41) is 17.0. The van der Waals surface area contributed by atoms with E-state index >= 15 is 0 Å². The summed E-state index contributed by atoms with van der Waals surface area (Å²) in [4.78, 5) is 19.1. The molecule has 11 heteroatoms. The molecule has 196 valence electrons. The third-order valence-corrected chi connectivity index (χ3v) is 5.10.